The molecule has 10 heteroatoms. The van der Waals surface area contributed by atoms with Gasteiger partial charge >= 0.3 is 0 Å². The lowest BCUT2D eigenvalue weighted by atomic mass is 10.2. The maximum atomic E-state index is 12.8. The number of benzene rings is 2. The van der Waals surface area contributed by atoms with E-state index < -0.39 is 10.0 Å². The molecule has 0 unspecified atom stereocenters. The third-order valence-electron chi connectivity index (χ3n) is 5.49. The summed E-state index contributed by atoms with van der Waals surface area (Å²) in [5.41, 5.74) is 2.30. The molecule has 1 fully saturated rings. The highest BCUT2D eigenvalue weighted by Crippen LogP contribution is 2.20. The van der Waals surface area contributed by atoms with Crippen LogP contribution in [0, 0.1) is 0 Å². The lowest BCUT2D eigenvalue weighted by Crippen LogP contribution is -2.47. The maximum absolute atomic E-state index is 12.8. The Labute approximate surface area is 192 Å². The lowest BCUT2D eigenvalue weighted by Gasteiger charge is -2.36. The Morgan fingerprint density at radius 3 is 2.06 bits per heavy atom. The predicted octanol–water partition coefficient (Wildman–Crippen LogP) is 2.79. The van der Waals surface area contributed by atoms with Gasteiger partial charge in [-0.1, -0.05) is 18.2 Å². The third-order valence-corrected chi connectivity index (χ3v) is 6.89. The van der Waals surface area contributed by atoms with Crippen LogP contribution in [0.5, 0.6) is 0 Å². The minimum atomic E-state index is -3.75. The second-order valence-corrected chi connectivity index (χ2v) is 9.31. The van der Waals surface area contributed by atoms with Gasteiger partial charge in [0.2, 0.25) is 5.95 Å². The second kappa shape index (κ2) is 8.91. The van der Waals surface area contributed by atoms with Crippen molar-refractivity contribution in [2.24, 2.45) is 0 Å². The van der Waals surface area contributed by atoms with E-state index in [9.17, 15) is 8.42 Å². The average Bonchev–Trinajstić information content (AvgIpc) is 3.40. The number of anilines is 3. The van der Waals surface area contributed by atoms with Gasteiger partial charge in [-0.15, -0.1) is 0 Å². The summed E-state index contributed by atoms with van der Waals surface area (Å²) < 4.78 is 29.7. The minimum absolute atomic E-state index is 0.152. The van der Waals surface area contributed by atoms with Crippen molar-refractivity contribution in [2.45, 2.75) is 4.90 Å². The molecule has 168 valence electrons. The first-order chi connectivity index (χ1) is 16.1. The van der Waals surface area contributed by atoms with Crippen molar-refractivity contribution in [3.8, 4) is 5.69 Å². The zero-order valence-corrected chi connectivity index (χ0v) is 18.6. The molecule has 9 nitrogen and oxygen atoms in total. The number of rotatable bonds is 6. The zero-order chi connectivity index (χ0) is 22.7. The van der Waals surface area contributed by atoms with Crippen LogP contribution >= 0.6 is 0 Å². The number of hydrogen-bond acceptors (Lipinski definition) is 7. The second-order valence-electron chi connectivity index (χ2n) is 7.63. The molecule has 2 aromatic heterocycles. The highest BCUT2D eigenvalue weighted by Gasteiger charge is 2.20. The molecule has 0 radical (unpaired) electrons. The van der Waals surface area contributed by atoms with Gasteiger partial charge in [0.05, 0.1) is 28.7 Å². The van der Waals surface area contributed by atoms with Crippen LogP contribution in [0.1, 0.15) is 0 Å². The molecular weight excluding hydrogens is 438 g/mol. The molecule has 5 rings (SSSR count). The van der Waals surface area contributed by atoms with Gasteiger partial charge in [-0.05, 0) is 42.5 Å². The fourth-order valence-electron chi connectivity index (χ4n) is 3.75. The molecular formula is C23H23N7O2S. The fraction of sp³-hybridized carbons (Fsp3) is 0.174. The third kappa shape index (κ3) is 4.65. The van der Waals surface area contributed by atoms with Gasteiger partial charge in [0, 0.05) is 44.3 Å². The van der Waals surface area contributed by atoms with Crippen LogP contribution in [0.3, 0.4) is 0 Å². The first-order valence-electron chi connectivity index (χ1n) is 10.6. The number of sulfonamides is 1. The van der Waals surface area contributed by atoms with E-state index in [0.29, 0.717) is 11.6 Å². The van der Waals surface area contributed by atoms with E-state index in [1.807, 2.05) is 18.2 Å². The minimum Gasteiger partial charge on any atom is -0.368 e. The molecule has 33 heavy (non-hydrogen) atoms. The highest BCUT2D eigenvalue weighted by atomic mass is 32.2. The summed E-state index contributed by atoms with van der Waals surface area (Å²) in [5.74, 6) is 0.592. The van der Waals surface area contributed by atoms with Gasteiger partial charge in [-0.3, -0.25) is 4.72 Å². The van der Waals surface area contributed by atoms with Gasteiger partial charge in [0.25, 0.3) is 10.0 Å². The van der Waals surface area contributed by atoms with E-state index in [1.54, 1.807) is 47.4 Å². The fourth-order valence-corrected chi connectivity index (χ4v) is 4.78. The molecule has 1 saturated heterocycles. The van der Waals surface area contributed by atoms with E-state index in [1.165, 1.54) is 18.1 Å². The molecule has 2 aromatic carbocycles. The molecule has 0 atom stereocenters. The number of para-hydroxylation sites is 1. The smallest absolute Gasteiger partial charge is 0.261 e. The SMILES string of the molecule is O=S(=O)(Nc1cnc(N2CCN(c3ccccc3)CC2)nc1)c1ccc(-n2cccn2)cc1. The summed E-state index contributed by atoms with van der Waals surface area (Å²) >= 11 is 0. The largest absolute Gasteiger partial charge is 0.368 e. The summed E-state index contributed by atoms with van der Waals surface area (Å²) in [4.78, 5) is 13.4. The average molecular weight is 462 g/mol. The van der Waals surface area contributed by atoms with Crippen molar-refractivity contribution in [1.82, 2.24) is 19.7 Å². The van der Waals surface area contributed by atoms with E-state index >= 15 is 0 Å². The molecule has 1 aliphatic heterocycles. The number of hydrogen-bond donors (Lipinski definition) is 1. The summed E-state index contributed by atoms with van der Waals surface area (Å²) in [6, 6.07) is 18.6. The first-order valence-corrected chi connectivity index (χ1v) is 12.1. The van der Waals surface area contributed by atoms with Crippen molar-refractivity contribution < 1.29 is 8.42 Å². The van der Waals surface area contributed by atoms with E-state index in [-0.39, 0.29) is 4.90 Å². The van der Waals surface area contributed by atoms with Gasteiger partial charge in [0.15, 0.2) is 0 Å². The van der Waals surface area contributed by atoms with Gasteiger partial charge in [-0.2, -0.15) is 5.10 Å². The van der Waals surface area contributed by atoms with Gasteiger partial charge in [-0.25, -0.2) is 23.1 Å². The first kappa shape index (κ1) is 21.0. The standard InChI is InChI=1S/C23H23N7O2S/c31-33(32,22-9-7-21(8-10-22)30-12-4-11-26-30)27-19-17-24-23(25-18-19)29-15-13-28(14-16-29)20-5-2-1-3-6-20/h1-12,17-18,27H,13-16H2. The summed E-state index contributed by atoms with van der Waals surface area (Å²) in [7, 11) is -3.75. The van der Waals surface area contributed by atoms with E-state index in [2.05, 4.69) is 41.7 Å². The normalized spacial score (nSPS) is 14.3. The number of nitrogens with zero attached hydrogens (tertiary/aromatic N) is 6. The molecule has 0 bridgehead atoms. The Kier molecular flexibility index (Phi) is 5.66. The Bertz CT molecular complexity index is 1290. The molecule has 3 heterocycles. The topological polar surface area (TPSA) is 96.3 Å². The van der Waals surface area contributed by atoms with Crippen molar-refractivity contribution >= 4 is 27.3 Å². The molecule has 0 spiro atoms. The van der Waals surface area contributed by atoms with Crippen LogP contribution < -0.4 is 14.5 Å². The molecule has 4 aromatic rings. The molecule has 0 saturated carbocycles. The quantitative estimate of drug-likeness (QED) is 0.472. The zero-order valence-electron chi connectivity index (χ0n) is 17.8. The van der Waals surface area contributed by atoms with Crippen LogP contribution in [-0.2, 0) is 10.0 Å². The van der Waals surface area contributed by atoms with Crippen LogP contribution in [0.25, 0.3) is 5.69 Å². The highest BCUT2D eigenvalue weighted by molar-refractivity contribution is 7.92. The summed E-state index contributed by atoms with van der Waals surface area (Å²) in [6.07, 6.45) is 6.46. The number of aromatic nitrogens is 4. The Morgan fingerprint density at radius 2 is 1.42 bits per heavy atom. The van der Waals surface area contributed by atoms with Crippen molar-refractivity contribution in [3.63, 3.8) is 0 Å². The Hall–Kier alpha value is -3.92. The Balaban J connectivity index is 1.22. The molecule has 1 N–H and O–H groups in total. The van der Waals surface area contributed by atoms with E-state index in [0.717, 1.165) is 31.9 Å². The monoisotopic (exact) mass is 461 g/mol. The van der Waals surface area contributed by atoms with E-state index in [4.69, 9.17) is 0 Å². The molecule has 1 aliphatic rings. The maximum Gasteiger partial charge on any atom is 0.261 e. The van der Waals surface area contributed by atoms with Crippen LogP contribution in [-0.4, -0.2) is 54.3 Å². The van der Waals surface area contributed by atoms with Gasteiger partial charge in [0.1, 0.15) is 0 Å². The Morgan fingerprint density at radius 1 is 0.758 bits per heavy atom. The number of piperazine rings is 1. The molecule has 0 amide bonds. The van der Waals surface area contributed by atoms with Crippen LogP contribution in [0.15, 0.2) is 90.3 Å². The van der Waals surface area contributed by atoms with Gasteiger partial charge < -0.3 is 9.80 Å². The van der Waals surface area contributed by atoms with Crippen molar-refractivity contribution in [2.75, 3.05) is 40.7 Å². The van der Waals surface area contributed by atoms with Crippen molar-refractivity contribution in [3.05, 3.63) is 85.5 Å². The number of nitrogens with one attached hydrogen (secondary N) is 1. The predicted molar refractivity (Wildman–Crippen MR) is 127 cm³/mol. The van der Waals surface area contributed by atoms with Crippen LogP contribution in [0.4, 0.5) is 17.3 Å². The molecule has 0 aliphatic carbocycles. The summed E-state index contributed by atoms with van der Waals surface area (Å²) in [5, 5.41) is 4.14. The lowest BCUT2D eigenvalue weighted by molar-refractivity contribution is 0.601. The van der Waals surface area contributed by atoms with Crippen molar-refractivity contribution in [1.29, 1.82) is 0 Å². The summed E-state index contributed by atoms with van der Waals surface area (Å²) in [6.45, 7) is 3.33. The van der Waals surface area contributed by atoms with Crippen LogP contribution in [0.2, 0.25) is 0 Å².